The number of β-amino-alcohol motifs (C(OH)–C–C–N with tert-alkyl or cyclic N) is 1. The predicted molar refractivity (Wildman–Crippen MR) is 83.7 cm³/mol. The molecule has 1 amide bonds. The van der Waals surface area contributed by atoms with Crippen LogP contribution in [0, 0.1) is 0 Å². The fraction of sp³-hybridized carbons (Fsp3) is 0.667. The van der Waals surface area contributed by atoms with E-state index in [0.29, 0.717) is 26.1 Å². The van der Waals surface area contributed by atoms with E-state index in [9.17, 15) is 9.90 Å². The Balaban J connectivity index is 1.56. The lowest BCUT2D eigenvalue weighted by atomic mass is 10.0. The van der Waals surface area contributed by atoms with Crippen LogP contribution in [0.1, 0.15) is 16.8 Å². The van der Waals surface area contributed by atoms with Crippen molar-refractivity contribution in [2.75, 3.05) is 52.9 Å². The molecule has 0 spiro atoms. The topological polar surface area (TPSA) is 47.0 Å². The number of carbonyl (C=O) groups excluding carboxylic acids is 1. The molecule has 3 rings (SSSR count). The molecule has 1 atom stereocenters. The summed E-state index contributed by atoms with van der Waals surface area (Å²) in [7, 11) is 2.13. The third-order valence-corrected chi connectivity index (χ3v) is 5.18. The lowest BCUT2D eigenvalue weighted by molar-refractivity contribution is 0.000530. The molecule has 21 heavy (non-hydrogen) atoms. The van der Waals surface area contributed by atoms with E-state index in [1.54, 1.807) is 4.90 Å². The lowest BCUT2D eigenvalue weighted by Gasteiger charge is -2.36. The largest absolute Gasteiger partial charge is 0.387 e. The number of carbonyl (C=O) groups is 1. The average molecular weight is 309 g/mol. The van der Waals surface area contributed by atoms with Crippen LogP contribution in [0.3, 0.4) is 0 Å². The number of hydrogen-bond donors (Lipinski definition) is 1. The van der Waals surface area contributed by atoms with E-state index >= 15 is 0 Å². The minimum absolute atomic E-state index is 0.0468. The highest BCUT2D eigenvalue weighted by atomic mass is 32.1. The molecule has 0 unspecified atom stereocenters. The van der Waals surface area contributed by atoms with Crippen LogP contribution < -0.4 is 0 Å². The maximum atomic E-state index is 12.3. The molecule has 0 bridgehead atoms. The number of piperazine rings is 1. The monoisotopic (exact) mass is 309 g/mol. The Morgan fingerprint density at radius 2 is 2.10 bits per heavy atom. The first-order valence-electron chi connectivity index (χ1n) is 7.50. The number of hydrogen-bond acceptors (Lipinski definition) is 5. The molecule has 0 aromatic carbocycles. The van der Waals surface area contributed by atoms with Gasteiger partial charge in [0.25, 0.3) is 5.91 Å². The van der Waals surface area contributed by atoms with Crippen molar-refractivity contribution in [2.24, 2.45) is 0 Å². The number of thiophene rings is 1. The maximum Gasteiger partial charge on any atom is 0.254 e. The molecule has 2 aliphatic rings. The summed E-state index contributed by atoms with van der Waals surface area (Å²) in [5.74, 6) is 0.0468. The molecule has 116 valence electrons. The molecule has 1 N–H and O–H groups in total. The van der Waals surface area contributed by atoms with Crippen molar-refractivity contribution in [2.45, 2.75) is 12.0 Å². The fourth-order valence-corrected chi connectivity index (χ4v) is 3.78. The van der Waals surface area contributed by atoms with Crippen LogP contribution in [0.5, 0.6) is 0 Å². The summed E-state index contributed by atoms with van der Waals surface area (Å²) in [6, 6.07) is 1.85. The molecule has 6 heteroatoms. The van der Waals surface area contributed by atoms with Gasteiger partial charge in [-0.05, 0) is 24.9 Å². The second kappa shape index (κ2) is 6.04. The lowest BCUT2D eigenvalue weighted by Crippen LogP contribution is -2.52. The van der Waals surface area contributed by atoms with Crippen LogP contribution in [0.15, 0.2) is 16.8 Å². The van der Waals surface area contributed by atoms with Crippen molar-refractivity contribution < 1.29 is 9.90 Å². The summed E-state index contributed by atoms with van der Waals surface area (Å²) in [6.07, 6.45) is 0.676. The van der Waals surface area contributed by atoms with E-state index in [1.807, 2.05) is 16.8 Å². The van der Waals surface area contributed by atoms with Crippen LogP contribution in [-0.2, 0) is 0 Å². The van der Waals surface area contributed by atoms with E-state index in [4.69, 9.17) is 0 Å². The predicted octanol–water partition coefficient (Wildman–Crippen LogP) is 0.573. The molecular weight excluding hydrogens is 286 g/mol. The highest BCUT2D eigenvalue weighted by Crippen LogP contribution is 2.25. The van der Waals surface area contributed by atoms with Gasteiger partial charge in [-0.25, -0.2) is 0 Å². The van der Waals surface area contributed by atoms with Gasteiger partial charge in [-0.1, -0.05) is 0 Å². The van der Waals surface area contributed by atoms with E-state index in [2.05, 4.69) is 16.8 Å². The van der Waals surface area contributed by atoms with Gasteiger partial charge in [0, 0.05) is 44.6 Å². The van der Waals surface area contributed by atoms with Crippen molar-refractivity contribution >= 4 is 17.2 Å². The van der Waals surface area contributed by atoms with Crippen molar-refractivity contribution in [3.63, 3.8) is 0 Å². The molecule has 3 heterocycles. The van der Waals surface area contributed by atoms with Gasteiger partial charge < -0.3 is 14.9 Å². The van der Waals surface area contributed by atoms with Crippen LogP contribution in [0.4, 0.5) is 0 Å². The zero-order chi connectivity index (χ0) is 14.9. The summed E-state index contributed by atoms with van der Waals surface area (Å²) < 4.78 is 0. The van der Waals surface area contributed by atoms with Gasteiger partial charge in [0.1, 0.15) is 0 Å². The smallest absolute Gasteiger partial charge is 0.254 e. The van der Waals surface area contributed by atoms with E-state index < -0.39 is 5.60 Å². The van der Waals surface area contributed by atoms with Gasteiger partial charge in [-0.2, -0.15) is 11.3 Å². The second-order valence-electron chi connectivity index (χ2n) is 6.29. The molecule has 0 saturated carbocycles. The maximum absolute atomic E-state index is 12.3. The van der Waals surface area contributed by atoms with Crippen molar-refractivity contribution in [1.82, 2.24) is 14.7 Å². The fourth-order valence-electron chi connectivity index (χ4n) is 3.15. The van der Waals surface area contributed by atoms with Crippen LogP contribution in [0.25, 0.3) is 0 Å². The zero-order valence-electron chi connectivity index (χ0n) is 12.5. The summed E-state index contributed by atoms with van der Waals surface area (Å²) in [4.78, 5) is 18.7. The summed E-state index contributed by atoms with van der Waals surface area (Å²) in [6.45, 7) is 5.87. The number of likely N-dealkylation sites (N-methyl/N-ethyl adjacent to an activating group) is 1. The molecule has 2 fully saturated rings. The van der Waals surface area contributed by atoms with Gasteiger partial charge in [0.2, 0.25) is 0 Å². The van der Waals surface area contributed by atoms with Gasteiger partial charge in [-0.3, -0.25) is 9.69 Å². The molecule has 5 nitrogen and oxygen atoms in total. The summed E-state index contributed by atoms with van der Waals surface area (Å²) in [5.41, 5.74) is -0.00875. The molecule has 0 aliphatic carbocycles. The minimum Gasteiger partial charge on any atom is -0.387 e. The molecule has 1 aromatic heterocycles. The van der Waals surface area contributed by atoms with Crippen molar-refractivity contribution in [3.8, 4) is 0 Å². The number of nitrogens with zero attached hydrogens (tertiary/aromatic N) is 3. The van der Waals surface area contributed by atoms with Gasteiger partial charge >= 0.3 is 0 Å². The highest BCUT2D eigenvalue weighted by Gasteiger charge is 2.40. The van der Waals surface area contributed by atoms with E-state index in [0.717, 1.165) is 31.7 Å². The third-order valence-electron chi connectivity index (χ3n) is 4.50. The van der Waals surface area contributed by atoms with Crippen LogP contribution in [-0.4, -0.2) is 84.2 Å². The molecule has 0 radical (unpaired) electrons. The summed E-state index contributed by atoms with van der Waals surface area (Å²) >= 11 is 1.53. The number of amides is 1. The average Bonchev–Trinajstić information content (AvgIpc) is 3.11. The molecule has 1 aromatic rings. The normalized spacial score (nSPS) is 28.2. The number of aliphatic hydroxyl groups is 1. The van der Waals surface area contributed by atoms with Gasteiger partial charge in [-0.15, -0.1) is 0 Å². The van der Waals surface area contributed by atoms with E-state index in [-0.39, 0.29) is 5.91 Å². The van der Waals surface area contributed by atoms with Gasteiger partial charge in [0.15, 0.2) is 0 Å². The van der Waals surface area contributed by atoms with Crippen LogP contribution in [0.2, 0.25) is 0 Å². The van der Waals surface area contributed by atoms with E-state index in [1.165, 1.54) is 11.3 Å². The minimum atomic E-state index is -0.748. The highest BCUT2D eigenvalue weighted by molar-refractivity contribution is 7.08. The Morgan fingerprint density at radius 1 is 1.33 bits per heavy atom. The standard InChI is InChI=1S/C15H23N3O2S/c1-16-5-7-17(8-6-16)11-15(20)3-4-18(12-15)14(19)13-2-9-21-10-13/h2,9-10,20H,3-8,11-12H2,1H3/t15-/m0/s1. The molecular formula is C15H23N3O2S. The Kier molecular flexibility index (Phi) is 4.31. The third kappa shape index (κ3) is 3.45. The SMILES string of the molecule is CN1CCN(C[C@@]2(O)CCN(C(=O)c3ccsc3)C2)CC1. The van der Waals surface area contributed by atoms with Crippen molar-refractivity contribution in [3.05, 3.63) is 22.4 Å². The van der Waals surface area contributed by atoms with Crippen molar-refractivity contribution in [1.29, 1.82) is 0 Å². The molecule has 2 aliphatic heterocycles. The summed E-state index contributed by atoms with van der Waals surface area (Å²) in [5, 5.41) is 14.6. The first-order chi connectivity index (χ1) is 10.1. The number of rotatable bonds is 3. The Morgan fingerprint density at radius 3 is 2.76 bits per heavy atom. The zero-order valence-corrected chi connectivity index (χ0v) is 13.3. The second-order valence-corrected chi connectivity index (χ2v) is 7.07. The number of likely N-dealkylation sites (tertiary alicyclic amines) is 1. The quantitative estimate of drug-likeness (QED) is 0.887. The Hall–Kier alpha value is -0.950. The first kappa shape index (κ1) is 15.0. The Bertz CT molecular complexity index is 485. The van der Waals surface area contributed by atoms with Crippen LogP contribution >= 0.6 is 11.3 Å². The molecule has 2 saturated heterocycles. The first-order valence-corrected chi connectivity index (χ1v) is 8.45. The van der Waals surface area contributed by atoms with Gasteiger partial charge in [0.05, 0.1) is 17.7 Å². The Labute approximate surface area is 129 Å².